The maximum absolute atomic E-state index is 12.3. The third kappa shape index (κ3) is 6.14. The molecule has 2 unspecified atom stereocenters. The van der Waals surface area contributed by atoms with Crippen molar-refractivity contribution < 1.29 is 17.7 Å². The van der Waals surface area contributed by atoms with Crippen molar-refractivity contribution in [1.82, 2.24) is 9.71 Å². The zero-order valence-corrected chi connectivity index (χ0v) is 14.4. The van der Waals surface area contributed by atoms with Crippen LogP contribution in [0.15, 0.2) is 12.3 Å². The summed E-state index contributed by atoms with van der Waals surface area (Å²) in [6.07, 6.45) is -3.62. The third-order valence-corrected chi connectivity index (χ3v) is 4.87. The van der Waals surface area contributed by atoms with Gasteiger partial charge >= 0.3 is 6.18 Å². The second-order valence-corrected chi connectivity index (χ2v) is 8.37. The Morgan fingerprint density at radius 2 is 1.91 bits per heavy atom. The summed E-state index contributed by atoms with van der Waals surface area (Å²) in [5, 5.41) is 0. The van der Waals surface area contributed by atoms with Crippen LogP contribution in [0.1, 0.15) is 57.0 Å². The van der Waals surface area contributed by atoms with Gasteiger partial charge in [0.15, 0.2) is 0 Å². The number of nitrogens with zero attached hydrogens (tertiary/aromatic N) is 1. The fourth-order valence-corrected chi connectivity index (χ4v) is 2.60. The molecule has 1 aromatic heterocycles. The van der Waals surface area contributed by atoms with Gasteiger partial charge in [0.1, 0.15) is 4.75 Å². The fourth-order valence-electron chi connectivity index (χ4n) is 1.79. The highest BCUT2D eigenvalue weighted by Gasteiger charge is 2.29. The largest absolute Gasteiger partial charge is 0.598 e. The van der Waals surface area contributed by atoms with Crippen LogP contribution in [0.4, 0.5) is 13.2 Å². The summed E-state index contributed by atoms with van der Waals surface area (Å²) < 4.78 is 51.5. The molecule has 1 N–H and O–H groups in total. The smallest absolute Gasteiger partial charge is 0.389 e. The maximum Gasteiger partial charge on any atom is 0.389 e. The van der Waals surface area contributed by atoms with Gasteiger partial charge in [0.05, 0.1) is 6.04 Å². The molecule has 22 heavy (non-hydrogen) atoms. The van der Waals surface area contributed by atoms with Gasteiger partial charge in [-0.1, -0.05) is 6.07 Å². The predicted molar refractivity (Wildman–Crippen MR) is 82.8 cm³/mol. The van der Waals surface area contributed by atoms with Gasteiger partial charge in [-0.3, -0.25) is 4.98 Å². The van der Waals surface area contributed by atoms with Crippen LogP contribution in [0.5, 0.6) is 0 Å². The molecule has 126 valence electrons. The quantitative estimate of drug-likeness (QED) is 0.827. The number of hydrogen-bond acceptors (Lipinski definition) is 3. The monoisotopic (exact) mass is 336 g/mol. The third-order valence-electron chi connectivity index (χ3n) is 3.19. The molecule has 2 atom stereocenters. The molecule has 0 spiro atoms. The van der Waals surface area contributed by atoms with E-state index in [0.29, 0.717) is 5.69 Å². The number of rotatable bonds is 5. The van der Waals surface area contributed by atoms with Crippen molar-refractivity contribution in [2.45, 2.75) is 64.4 Å². The number of hydrogen-bond donors (Lipinski definition) is 1. The molecule has 1 aromatic rings. The van der Waals surface area contributed by atoms with Crippen molar-refractivity contribution in [1.29, 1.82) is 0 Å². The van der Waals surface area contributed by atoms with Crippen LogP contribution in [0, 0.1) is 6.92 Å². The molecule has 0 amide bonds. The predicted octanol–water partition coefficient (Wildman–Crippen LogP) is 4.00. The Labute approximate surface area is 133 Å². The first-order chi connectivity index (χ1) is 9.90. The second-order valence-electron chi connectivity index (χ2n) is 6.37. The minimum absolute atomic E-state index is 0.120. The Hall–Kier alpha value is -0.790. The minimum Gasteiger partial charge on any atom is -0.598 e. The van der Waals surface area contributed by atoms with Crippen molar-refractivity contribution >= 4 is 11.4 Å². The molecular weight excluding hydrogens is 313 g/mol. The molecule has 1 heterocycles. The first-order valence-corrected chi connectivity index (χ1v) is 8.25. The van der Waals surface area contributed by atoms with E-state index in [4.69, 9.17) is 0 Å². The summed E-state index contributed by atoms with van der Waals surface area (Å²) >= 11 is -1.22. The Kier molecular flexibility index (Phi) is 6.29. The summed E-state index contributed by atoms with van der Waals surface area (Å²) in [5.74, 6) is 0. The SMILES string of the molecule is Cc1cc(C(C)N[S+]([O-])C(C)(C)C)cnc1CCC(F)(F)F. The van der Waals surface area contributed by atoms with E-state index in [0.717, 1.165) is 11.1 Å². The molecule has 7 heteroatoms. The van der Waals surface area contributed by atoms with Gasteiger partial charge < -0.3 is 4.55 Å². The minimum atomic E-state index is -4.18. The van der Waals surface area contributed by atoms with E-state index in [1.54, 1.807) is 19.2 Å². The summed E-state index contributed by atoms with van der Waals surface area (Å²) in [4.78, 5) is 4.13. The van der Waals surface area contributed by atoms with Gasteiger partial charge in [0.2, 0.25) is 0 Å². The molecule has 0 aromatic carbocycles. The van der Waals surface area contributed by atoms with Gasteiger partial charge in [-0.05, 0) is 52.2 Å². The molecule has 0 saturated heterocycles. The zero-order valence-electron chi connectivity index (χ0n) is 13.5. The number of alkyl halides is 3. The van der Waals surface area contributed by atoms with Crippen molar-refractivity contribution in [2.24, 2.45) is 0 Å². The van der Waals surface area contributed by atoms with Gasteiger partial charge in [-0.2, -0.15) is 13.2 Å². The van der Waals surface area contributed by atoms with E-state index in [1.807, 2.05) is 27.7 Å². The molecule has 3 nitrogen and oxygen atoms in total. The van der Waals surface area contributed by atoms with Crippen LogP contribution >= 0.6 is 0 Å². The lowest BCUT2D eigenvalue weighted by Gasteiger charge is -2.26. The maximum atomic E-state index is 12.3. The summed E-state index contributed by atoms with van der Waals surface area (Å²) in [5.41, 5.74) is 1.98. The van der Waals surface area contributed by atoms with Crippen LogP contribution in [0.3, 0.4) is 0 Å². The average Bonchev–Trinajstić information content (AvgIpc) is 2.34. The van der Waals surface area contributed by atoms with Gasteiger partial charge in [-0.15, -0.1) is 4.72 Å². The van der Waals surface area contributed by atoms with Crippen LogP contribution in [-0.2, 0) is 17.8 Å². The fraction of sp³-hybridized carbons (Fsp3) is 0.667. The van der Waals surface area contributed by atoms with Gasteiger partial charge in [-0.25, -0.2) is 0 Å². The van der Waals surface area contributed by atoms with E-state index >= 15 is 0 Å². The molecule has 0 saturated carbocycles. The van der Waals surface area contributed by atoms with Crippen LogP contribution in [-0.4, -0.2) is 20.5 Å². The lowest BCUT2D eigenvalue weighted by Crippen LogP contribution is -2.40. The van der Waals surface area contributed by atoms with E-state index in [-0.39, 0.29) is 17.2 Å². The second kappa shape index (κ2) is 7.19. The van der Waals surface area contributed by atoms with Crippen molar-refractivity contribution in [2.75, 3.05) is 0 Å². The lowest BCUT2D eigenvalue weighted by atomic mass is 10.1. The van der Waals surface area contributed by atoms with E-state index in [1.165, 1.54) is 0 Å². The molecule has 0 aliphatic heterocycles. The molecule has 0 radical (unpaired) electrons. The number of nitrogens with one attached hydrogen (secondary N) is 1. The first kappa shape index (κ1) is 19.3. The normalized spacial score (nSPS) is 15.7. The van der Waals surface area contributed by atoms with Crippen molar-refractivity contribution in [3.05, 3.63) is 29.1 Å². The molecule has 1 rings (SSSR count). The van der Waals surface area contributed by atoms with Crippen LogP contribution in [0.2, 0.25) is 0 Å². The van der Waals surface area contributed by atoms with Crippen LogP contribution < -0.4 is 4.72 Å². The van der Waals surface area contributed by atoms with Crippen molar-refractivity contribution in [3.8, 4) is 0 Å². The topological polar surface area (TPSA) is 48.0 Å². The molecule has 0 fully saturated rings. The average molecular weight is 336 g/mol. The Morgan fingerprint density at radius 3 is 2.36 bits per heavy atom. The zero-order chi connectivity index (χ0) is 17.1. The number of pyridine rings is 1. The highest BCUT2D eigenvalue weighted by atomic mass is 32.2. The molecule has 0 aliphatic rings. The summed E-state index contributed by atoms with van der Waals surface area (Å²) in [7, 11) is 0. The number of halogens is 3. The standard InChI is InChI=1S/C15H23F3N2OS/c1-10-8-12(11(2)20-22(21)14(3,4)5)9-19-13(10)6-7-15(16,17)18/h8-9,11,20H,6-7H2,1-5H3. The van der Waals surface area contributed by atoms with Crippen LogP contribution in [0.25, 0.3) is 0 Å². The first-order valence-electron chi connectivity index (χ1n) is 7.10. The lowest BCUT2D eigenvalue weighted by molar-refractivity contribution is -0.134. The van der Waals surface area contributed by atoms with E-state index in [9.17, 15) is 17.7 Å². The van der Waals surface area contributed by atoms with Gasteiger partial charge in [0, 0.05) is 29.7 Å². The van der Waals surface area contributed by atoms with Crippen molar-refractivity contribution in [3.63, 3.8) is 0 Å². The van der Waals surface area contributed by atoms with Gasteiger partial charge in [0.25, 0.3) is 0 Å². The highest BCUT2D eigenvalue weighted by Crippen LogP contribution is 2.24. The Balaban J connectivity index is 2.76. The Bertz CT molecular complexity index is 501. The molecule has 0 aliphatic carbocycles. The summed E-state index contributed by atoms with van der Waals surface area (Å²) in [6.45, 7) is 9.21. The number of aromatic nitrogens is 1. The molecule has 0 bridgehead atoms. The summed E-state index contributed by atoms with van der Waals surface area (Å²) in [6, 6.07) is 1.61. The highest BCUT2D eigenvalue weighted by molar-refractivity contribution is 7.90. The Morgan fingerprint density at radius 1 is 1.32 bits per heavy atom. The van der Waals surface area contributed by atoms with E-state index in [2.05, 4.69) is 9.71 Å². The molecular formula is C15H23F3N2OS. The number of aryl methyl sites for hydroxylation is 2. The van der Waals surface area contributed by atoms with E-state index < -0.39 is 24.0 Å².